The first kappa shape index (κ1) is 25.8. The van der Waals surface area contributed by atoms with Crippen molar-refractivity contribution in [3.8, 4) is 5.75 Å². The lowest BCUT2D eigenvalue weighted by Gasteiger charge is -2.25. The van der Waals surface area contributed by atoms with Crippen LogP contribution in [0, 0.1) is 5.92 Å². The van der Waals surface area contributed by atoms with Crippen LogP contribution in [0.25, 0.3) is 0 Å². The van der Waals surface area contributed by atoms with Gasteiger partial charge in [0.05, 0.1) is 12.0 Å². The van der Waals surface area contributed by atoms with Crippen molar-refractivity contribution in [2.75, 3.05) is 19.7 Å². The molecule has 0 saturated carbocycles. The molecule has 1 fully saturated rings. The highest BCUT2D eigenvalue weighted by molar-refractivity contribution is 7.79. The van der Waals surface area contributed by atoms with E-state index in [1.54, 1.807) is 0 Å². The van der Waals surface area contributed by atoms with Gasteiger partial charge in [-0.2, -0.15) is 0 Å². The van der Waals surface area contributed by atoms with Gasteiger partial charge in [-0.25, -0.2) is 0 Å². The predicted molar refractivity (Wildman–Crippen MR) is 122 cm³/mol. The van der Waals surface area contributed by atoms with Crippen LogP contribution in [-0.2, 0) is 22.3 Å². The van der Waals surface area contributed by atoms with E-state index in [4.69, 9.17) is 4.74 Å². The quantitative estimate of drug-likeness (QED) is 0.276. The number of carboxylic acid groups (broad SMARTS) is 1. The number of benzene rings is 1. The molecule has 3 N–H and O–H groups in total. The second-order valence-electron chi connectivity index (χ2n) is 8.33. The molecule has 8 heteroatoms. The minimum atomic E-state index is -2.36. The van der Waals surface area contributed by atoms with E-state index in [1.807, 2.05) is 31.2 Å². The van der Waals surface area contributed by atoms with E-state index in [0.717, 1.165) is 49.6 Å². The lowest BCUT2D eigenvalue weighted by Crippen LogP contribution is -2.46. The number of carbonyl (C=O) groups is 1. The highest BCUT2D eigenvalue weighted by Gasteiger charge is 2.22. The Balaban J connectivity index is 1.75. The molecular weight excluding hydrogens is 416 g/mol. The van der Waals surface area contributed by atoms with Crippen LogP contribution in [0.2, 0.25) is 0 Å². The average Bonchev–Trinajstić information content (AvgIpc) is 2.77. The molecule has 3 unspecified atom stereocenters. The molecule has 1 aliphatic heterocycles. The maximum absolute atomic E-state index is 11.6. The van der Waals surface area contributed by atoms with Crippen molar-refractivity contribution in [1.82, 2.24) is 10.6 Å². The molecule has 2 rings (SSSR count). The molecule has 3 atom stereocenters. The van der Waals surface area contributed by atoms with Crippen molar-refractivity contribution in [3.05, 3.63) is 29.8 Å². The first-order chi connectivity index (χ1) is 15.0. The van der Waals surface area contributed by atoms with Crippen LogP contribution in [0.3, 0.4) is 0 Å². The van der Waals surface area contributed by atoms with Crippen molar-refractivity contribution >= 4 is 17.0 Å². The zero-order valence-corrected chi connectivity index (χ0v) is 19.3. The Hall–Kier alpha value is -1.48. The van der Waals surface area contributed by atoms with Crippen LogP contribution in [0.5, 0.6) is 5.75 Å². The Labute approximate surface area is 188 Å². The number of hydrogen-bond acceptors (Lipinski definition) is 6. The summed E-state index contributed by atoms with van der Waals surface area (Å²) in [6.07, 6.45) is 8.22. The maximum Gasteiger partial charge on any atom is 0.321 e. The first-order valence-corrected chi connectivity index (χ1v) is 12.6. The van der Waals surface area contributed by atoms with E-state index in [1.165, 1.54) is 25.7 Å². The summed E-state index contributed by atoms with van der Waals surface area (Å²) in [6, 6.07) is 6.43. The van der Waals surface area contributed by atoms with E-state index >= 15 is 0 Å². The number of ether oxygens (including phenoxy) is 1. The second kappa shape index (κ2) is 14.6. The Morgan fingerprint density at radius 2 is 1.97 bits per heavy atom. The first-order valence-electron chi connectivity index (χ1n) is 11.5. The molecule has 1 heterocycles. The highest BCUT2D eigenvalue weighted by atomic mass is 32.2. The second-order valence-corrected chi connectivity index (χ2v) is 9.42. The van der Waals surface area contributed by atoms with Crippen LogP contribution >= 0.6 is 0 Å². The van der Waals surface area contributed by atoms with Gasteiger partial charge in [-0.3, -0.25) is 14.3 Å². The summed E-state index contributed by atoms with van der Waals surface area (Å²) in [5.74, 6) is 0.560. The van der Waals surface area contributed by atoms with Crippen molar-refractivity contribution in [3.63, 3.8) is 0 Å². The zero-order chi connectivity index (χ0) is 22.5. The van der Waals surface area contributed by atoms with E-state index in [-0.39, 0.29) is 6.42 Å². The van der Waals surface area contributed by atoms with E-state index in [9.17, 15) is 18.7 Å². The molecule has 0 amide bonds. The Morgan fingerprint density at radius 3 is 2.58 bits per heavy atom. The summed E-state index contributed by atoms with van der Waals surface area (Å²) < 4.78 is 28.7. The molecule has 0 aliphatic carbocycles. The van der Waals surface area contributed by atoms with Crippen LogP contribution in [0.4, 0.5) is 0 Å². The fraction of sp³-hybridized carbons (Fsp3) is 0.696. The van der Waals surface area contributed by atoms with E-state index < -0.39 is 28.5 Å². The number of hydrogen-bond donors (Lipinski definition) is 3. The number of unbranched alkanes of at least 4 members (excludes halogenated alkanes) is 2. The van der Waals surface area contributed by atoms with Gasteiger partial charge in [0, 0.05) is 0 Å². The predicted octanol–water partition coefficient (Wildman–Crippen LogP) is 3.22. The fourth-order valence-electron chi connectivity index (χ4n) is 3.92. The molecule has 176 valence electrons. The highest BCUT2D eigenvalue weighted by Crippen LogP contribution is 2.19. The lowest BCUT2D eigenvalue weighted by atomic mass is 9.93. The molecule has 0 spiro atoms. The van der Waals surface area contributed by atoms with E-state index in [0.29, 0.717) is 13.0 Å². The maximum atomic E-state index is 11.6. The summed E-state index contributed by atoms with van der Waals surface area (Å²) in [6.45, 7) is 4.93. The summed E-state index contributed by atoms with van der Waals surface area (Å²) >= 11 is -2.36. The van der Waals surface area contributed by atoms with Gasteiger partial charge in [-0.1, -0.05) is 38.3 Å². The Morgan fingerprint density at radius 1 is 1.26 bits per heavy atom. The van der Waals surface area contributed by atoms with Gasteiger partial charge in [-0.15, -0.1) is 0 Å². The summed E-state index contributed by atoms with van der Waals surface area (Å²) in [5.41, 5.74) is 0.823. The van der Waals surface area contributed by atoms with Gasteiger partial charge in [-0.05, 0) is 86.3 Å². The Bertz CT molecular complexity index is 664. The largest absolute Gasteiger partial charge is 0.771 e. The standard InChI is InChI=1S/C23H38N2O5S/c1-2-3-7-22(31(28)29)25-21(23(26)27)17-19-8-10-20(11-9-19)30-16-5-4-6-18-12-14-24-15-13-18/h8-11,18,21-22,24-25H,2-7,12-17H2,1H3,(H,26,27)(H,28,29)/p-1. The van der Waals surface area contributed by atoms with Gasteiger partial charge < -0.3 is 19.7 Å². The molecule has 31 heavy (non-hydrogen) atoms. The molecule has 1 aromatic carbocycles. The lowest BCUT2D eigenvalue weighted by molar-refractivity contribution is -0.139. The number of piperidine rings is 1. The molecule has 7 nitrogen and oxygen atoms in total. The van der Waals surface area contributed by atoms with Crippen molar-refractivity contribution in [2.24, 2.45) is 5.92 Å². The fourth-order valence-corrected chi connectivity index (χ4v) is 4.55. The zero-order valence-electron chi connectivity index (χ0n) is 18.5. The van der Waals surface area contributed by atoms with Crippen LogP contribution < -0.4 is 15.4 Å². The molecule has 1 aromatic rings. The van der Waals surface area contributed by atoms with Gasteiger partial charge in [0.25, 0.3) is 0 Å². The van der Waals surface area contributed by atoms with Crippen molar-refractivity contribution in [1.29, 1.82) is 0 Å². The molecule has 1 saturated heterocycles. The van der Waals surface area contributed by atoms with Gasteiger partial charge in [0.2, 0.25) is 0 Å². The third-order valence-corrected chi connectivity index (χ3v) is 6.67. The smallest absolute Gasteiger partial charge is 0.321 e. The molecule has 1 aliphatic rings. The number of aliphatic carboxylic acids is 1. The minimum Gasteiger partial charge on any atom is -0.771 e. The molecule has 0 bridgehead atoms. The van der Waals surface area contributed by atoms with Crippen molar-refractivity contribution < 1.29 is 23.4 Å². The van der Waals surface area contributed by atoms with Gasteiger partial charge in [0.1, 0.15) is 11.8 Å². The monoisotopic (exact) mass is 453 g/mol. The summed E-state index contributed by atoms with van der Waals surface area (Å²) in [7, 11) is 0. The Kier molecular flexibility index (Phi) is 12.1. The third-order valence-electron chi connectivity index (χ3n) is 5.83. The van der Waals surface area contributed by atoms with Crippen LogP contribution in [-0.4, -0.2) is 50.9 Å². The summed E-state index contributed by atoms with van der Waals surface area (Å²) in [4.78, 5) is 11.6. The van der Waals surface area contributed by atoms with Crippen LogP contribution in [0.15, 0.2) is 24.3 Å². The van der Waals surface area contributed by atoms with Gasteiger partial charge >= 0.3 is 5.97 Å². The van der Waals surface area contributed by atoms with Gasteiger partial charge in [0.15, 0.2) is 0 Å². The normalized spacial score (nSPS) is 17.7. The topological polar surface area (TPSA) is 111 Å². The number of rotatable bonds is 15. The van der Waals surface area contributed by atoms with E-state index in [2.05, 4.69) is 10.6 Å². The number of carboxylic acids is 1. The summed E-state index contributed by atoms with van der Waals surface area (Å²) in [5, 5.41) is 14.8. The average molecular weight is 454 g/mol. The molecular formula is C23H37N2O5S-. The van der Waals surface area contributed by atoms with Crippen molar-refractivity contribution in [2.45, 2.75) is 76.1 Å². The van der Waals surface area contributed by atoms with Crippen LogP contribution in [0.1, 0.15) is 63.9 Å². The SMILES string of the molecule is CCCCC(NC(Cc1ccc(OCCCCC2CCNCC2)cc1)C(=O)O)S(=O)[O-]. The third kappa shape index (κ3) is 10.1. The number of nitrogens with one attached hydrogen (secondary N) is 2. The molecule has 0 radical (unpaired) electrons. The minimum absolute atomic E-state index is 0.214. The molecule has 0 aromatic heterocycles.